The fourth-order valence-electron chi connectivity index (χ4n) is 11.1. The van der Waals surface area contributed by atoms with Gasteiger partial charge in [0.1, 0.15) is 6.04 Å². The Bertz CT molecular complexity index is 1720. The third kappa shape index (κ3) is 12.8. The predicted molar refractivity (Wildman–Crippen MR) is 251 cm³/mol. The standard InChI is InChI=1S/C50H82BN5O8/c1-8-9-14-35-17-19-36(20-18-35)37-21-25-56(26-22-37)45(60)29-38(15-10-12-23-52)48(62)55-46(34(4)57)42(59)27-32(2)47(61)54-40(16-11-13-24-53)41(58)28-33(3)51-63-44-31-39-30-43(49(39,5)6)50(44,7)64-51/h17-20,32-34,37-40,43-44,46,57H,8-16,21-31,52-53H2,1-7H3,(H,54,61)(H,55,62)/t32-,33-,34-,38-,39+,40+,43+,44-,46+,50+/m1/s1. The first kappa shape index (κ1) is 51.8. The van der Waals surface area contributed by atoms with Gasteiger partial charge in [-0.25, -0.2) is 0 Å². The molecule has 3 aliphatic carbocycles. The maximum atomic E-state index is 13.9. The first-order valence-corrected chi connectivity index (χ1v) is 24.9. The van der Waals surface area contributed by atoms with Crippen molar-refractivity contribution in [1.82, 2.24) is 15.5 Å². The van der Waals surface area contributed by atoms with Gasteiger partial charge in [-0.2, -0.15) is 0 Å². The van der Waals surface area contributed by atoms with Crippen molar-refractivity contribution in [2.45, 2.75) is 193 Å². The lowest BCUT2D eigenvalue weighted by atomic mass is 9.43. The highest BCUT2D eigenvalue weighted by Gasteiger charge is 2.68. The van der Waals surface area contributed by atoms with E-state index in [1.165, 1.54) is 30.9 Å². The van der Waals surface area contributed by atoms with E-state index in [2.05, 4.69) is 62.6 Å². The summed E-state index contributed by atoms with van der Waals surface area (Å²) in [6, 6.07) is 6.81. The summed E-state index contributed by atoms with van der Waals surface area (Å²) < 4.78 is 13.1. The van der Waals surface area contributed by atoms with Gasteiger partial charge in [0.25, 0.3) is 0 Å². The molecule has 13 nitrogen and oxygen atoms in total. The number of likely N-dealkylation sites (tertiary alicyclic amines) is 1. The molecule has 5 fully saturated rings. The number of nitrogens with two attached hydrogens (primary N) is 2. The van der Waals surface area contributed by atoms with Crippen molar-refractivity contribution in [3.63, 3.8) is 0 Å². The molecule has 1 aromatic rings. The summed E-state index contributed by atoms with van der Waals surface area (Å²) in [6.07, 6.45) is 9.29. The summed E-state index contributed by atoms with van der Waals surface area (Å²) in [5.74, 6) is -2.10. The topological polar surface area (TPSA) is 203 Å². The summed E-state index contributed by atoms with van der Waals surface area (Å²) in [5.41, 5.74) is 14.0. The Hall–Kier alpha value is -3.17. The number of nitrogens with zero attached hydrogens (tertiary/aromatic N) is 1. The van der Waals surface area contributed by atoms with Crippen LogP contribution in [0, 0.1) is 29.1 Å². The number of rotatable bonds is 26. The smallest absolute Gasteiger partial charge is 0.405 e. The number of carbonyl (C=O) groups excluding carboxylic acids is 5. The number of aryl methyl sites for hydroxylation is 1. The molecule has 2 bridgehead atoms. The third-order valence-electron chi connectivity index (χ3n) is 15.6. The van der Waals surface area contributed by atoms with E-state index >= 15 is 0 Å². The van der Waals surface area contributed by atoms with Crippen LogP contribution in [-0.2, 0) is 39.7 Å². The summed E-state index contributed by atoms with van der Waals surface area (Å²) in [6.45, 7) is 16.1. The second kappa shape index (κ2) is 23.5. The van der Waals surface area contributed by atoms with Crippen molar-refractivity contribution in [3.8, 4) is 0 Å². The van der Waals surface area contributed by atoms with Gasteiger partial charge in [-0.15, -0.1) is 0 Å². The molecule has 2 saturated heterocycles. The highest BCUT2D eigenvalue weighted by molar-refractivity contribution is 6.47. The van der Waals surface area contributed by atoms with Gasteiger partial charge in [0.2, 0.25) is 17.7 Å². The molecule has 1 aromatic carbocycles. The number of carbonyl (C=O) groups is 5. The molecule has 7 N–H and O–H groups in total. The zero-order chi connectivity index (χ0) is 46.8. The average molecular weight is 892 g/mol. The molecule has 0 unspecified atom stereocenters. The summed E-state index contributed by atoms with van der Waals surface area (Å²) in [5, 5.41) is 16.4. The third-order valence-corrected chi connectivity index (χ3v) is 15.6. The van der Waals surface area contributed by atoms with E-state index in [9.17, 15) is 29.1 Å². The summed E-state index contributed by atoms with van der Waals surface area (Å²) >= 11 is 0. The van der Waals surface area contributed by atoms with E-state index in [1.807, 2.05) is 11.8 Å². The number of amides is 3. The van der Waals surface area contributed by atoms with E-state index < -0.39 is 54.7 Å². The second-order valence-electron chi connectivity index (χ2n) is 20.8. The Morgan fingerprint density at radius 3 is 2.11 bits per heavy atom. The molecular weight excluding hydrogens is 809 g/mol. The molecular formula is C50H82BN5O8. The number of aliphatic hydroxyl groups is 1. The number of aliphatic hydroxyl groups excluding tert-OH is 1. The maximum absolute atomic E-state index is 13.9. The van der Waals surface area contributed by atoms with Crippen molar-refractivity contribution < 1.29 is 38.4 Å². The van der Waals surface area contributed by atoms with Gasteiger partial charge in [0.05, 0.1) is 23.9 Å². The molecule has 14 heteroatoms. The van der Waals surface area contributed by atoms with Crippen LogP contribution in [0.4, 0.5) is 0 Å². The van der Waals surface area contributed by atoms with Gasteiger partial charge in [-0.1, -0.05) is 71.7 Å². The number of Topliss-reactive ketones (excluding diaryl/α,β-unsaturated/α-hetero) is 2. The minimum atomic E-state index is -1.28. The number of hydrogen-bond donors (Lipinski definition) is 5. The molecule has 10 atom stereocenters. The summed E-state index contributed by atoms with van der Waals surface area (Å²) in [4.78, 5) is 70.7. The highest BCUT2D eigenvalue weighted by Crippen LogP contribution is 2.66. The van der Waals surface area contributed by atoms with Gasteiger partial charge >= 0.3 is 7.12 Å². The van der Waals surface area contributed by atoms with Crippen molar-refractivity contribution in [3.05, 3.63) is 35.4 Å². The molecule has 2 heterocycles. The average Bonchev–Trinajstić information content (AvgIpc) is 3.64. The number of nitrogens with one attached hydrogen (secondary N) is 2. The van der Waals surface area contributed by atoms with Gasteiger partial charge in [0.15, 0.2) is 11.6 Å². The quantitative estimate of drug-likeness (QED) is 0.0541. The van der Waals surface area contributed by atoms with Crippen molar-refractivity contribution >= 4 is 36.4 Å². The largest absolute Gasteiger partial charge is 0.461 e. The fourth-order valence-corrected chi connectivity index (χ4v) is 11.1. The van der Waals surface area contributed by atoms with Crippen LogP contribution in [0.15, 0.2) is 24.3 Å². The van der Waals surface area contributed by atoms with Crippen LogP contribution in [0.5, 0.6) is 0 Å². The number of unbranched alkanes of at least 4 members (excludes halogenated alkanes) is 3. The Labute approximate surface area is 384 Å². The Morgan fingerprint density at radius 1 is 0.844 bits per heavy atom. The minimum Gasteiger partial charge on any atom is -0.405 e. The van der Waals surface area contributed by atoms with Crippen molar-refractivity contribution in [2.24, 2.45) is 40.6 Å². The predicted octanol–water partition coefficient (Wildman–Crippen LogP) is 6.02. The van der Waals surface area contributed by atoms with Crippen LogP contribution >= 0.6 is 0 Å². The van der Waals surface area contributed by atoms with Crippen LogP contribution in [0.3, 0.4) is 0 Å². The van der Waals surface area contributed by atoms with Crippen LogP contribution in [-0.4, -0.2) is 102 Å². The van der Waals surface area contributed by atoms with Gasteiger partial charge in [-0.05, 0) is 138 Å². The van der Waals surface area contributed by atoms with E-state index in [1.54, 1.807) is 6.92 Å². The zero-order valence-electron chi connectivity index (χ0n) is 40.2. The molecule has 0 radical (unpaired) electrons. The second-order valence-corrected chi connectivity index (χ2v) is 20.8. The van der Waals surface area contributed by atoms with Gasteiger partial charge in [-0.3, -0.25) is 24.0 Å². The first-order chi connectivity index (χ1) is 30.4. The summed E-state index contributed by atoms with van der Waals surface area (Å²) in [7, 11) is -0.515. The molecule has 64 heavy (non-hydrogen) atoms. The number of ketones is 2. The molecule has 0 spiro atoms. The number of benzene rings is 1. The van der Waals surface area contributed by atoms with Crippen molar-refractivity contribution in [2.75, 3.05) is 26.2 Å². The minimum absolute atomic E-state index is 0.00229. The monoisotopic (exact) mass is 892 g/mol. The van der Waals surface area contributed by atoms with E-state index in [0.717, 1.165) is 32.1 Å². The van der Waals surface area contributed by atoms with E-state index in [4.69, 9.17) is 20.8 Å². The van der Waals surface area contributed by atoms with Gasteiger partial charge in [0, 0.05) is 44.2 Å². The van der Waals surface area contributed by atoms with Crippen LogP contribution in [0.1, 0.15) is 162 Å². The molecule has 0 aromatic heterocycles. The lowest BCUT2D eigenvalue weighted by Crippen LogP contribution is -2.65. The number of piperidine rings is 1. The molecule has 358 valence electrons. The normalized spacial score (nSPS) is 25.6. The first-order valence-electron chi connectivity index (χ1n) is 24.9. The zero-order valence-corrected chi connectivity index (χ0v) is 40.2. The van der Waals surface area contributed by atoms with E-state index in [0.29, 0.717) is 82.5 Å². The SMILES string of the molecule is CCCCc1ccc(C2CCN(C(=O)C[C@@H](CCCCN)C(=O)N[C@H](C(=O)C[C@@H](C)C(=O)N[C@@H](CCCCN)C(=O)C[C@@H](C)B3O[C@@H]4C[C@@H]5C[C@@H](C5(C)C)[C@]4(C)O3)[C@@H](C)O)CC2)cc1. The molecule has 6 rings (SSSR count). The lowest BCUT2D eigenvalue weighted by molar-refractivity contribution is -0.199. The van der Waals surface area contributed by atoms with Gasteiger partial charge < -0.3 is 41.4 Å². The molecule has 5 aliphatic rings. The fraction of sp³-hybridized carbons (Fsp3) is 0.780. The lowest BCUT2D eigenvalue weighted by Gasteiger charge is -2.64. The molecule has 2 aliphatic heterocycles. The Morgan fingerprint density at radius 2 is 1.50 bits per heavy atom. The molecule has 3 amide bonds. The maximum Gasteiger partial charge on any atom is 0.461 e. The Kier molecular flexibility index (Phi) is 19.0. The van der Waals surface area contributed by atoms with Crippen LogP contribution in [0.25, 0.3) is 0 Å². The Balaban J connectivity index is 1.14. The van der Waals surface area contributed by atoms with E-state index in [-0.39, 0.29) is 53.9 Å². The highest BCUT2D eigenvalue weighted by atomic mass is 16.7. The van der Waals surface area contributed by atoms with Crippen LogP contribution < -0.4 is 22.1 Å². The number of hydrogen-bond acceptors (Lipinski definition) is 10. The molecule has 3 saturated carbocycles. The van der Waals surface area contributed by atoms with Crippen molar-refractivity contribution in [1.29, 1.82) is 0 Å². The van der Waals surface area contributed by atoms with Crippen LogP contribution in [0.2, 0.25) is 5.82 Å².